The van der Waals surface area contributed by atoms with Crippen LogP contribution in [0.2, 0.25) is 0 Å². The molecule has 6 N–H and O–H groups in total. The zero-order valence-corrected chi connectivity index (χ0v) is 12.7. The van der Waals surface area contributed by atoms with Gasteiger partial charge in [-0.05, 0) is 36.2 Å². The number of imide groups is 1. The van der Waals surface area contributed by atoms with Crippen molar-refractivity contribution in [1.82, 2.24) is 5.01 Å². The fourth-order valence-corrected chi connectivity index (χ4v) is 2.28. The molecule has 0 unspecified atom stereocenters. The molecule has 0 aliphatic heterocycles. The van der Waals surface area contributed by atoms with E-state index in [1.807, 2.05) is 0 Å². The Bertz CT molecular complexity index is 775. The molecule has 0 bridgehead atoms. The number of nitrogens with two attached hydrogens (primary N) is 1. The van der Waals surface area contributed by atoms with Crippen LogP contribution in [0.5, 0.6) is 23.0 Å². The van der Waals surface area contributed by atoms with Crippen LogP contribution >= 0.6 is 0 Å². The van der Waals surface area contributed by atoms with Crippen LogP contribution in [-0.4, -0.2) is 37.2 Å². The maximum absolute atomic E-state index is 12.3. The van der Waals surface area contributed by atoms with Crippen LogP contribution in [0.15, 0.2) is 30.3 Å². The highest BCUT2D eigenvalue weighted by Crippen LogP contribution is 2.27. The van der Waals surface area contributed by atoms with Crippen molar-refractivity contribution in [2.75, 3.05) is 0 Å². The number of phenols is 4. The highest BCUT2D eigenvalue weighted by molar-refractivity contribution is 6.07. The molecule has 0 aliphatic rings. The zero-order chi connectivity index (χ0) is 18.0. The van der Waals surface area contributed by atoms with Crippen LogP contribution in [0, 0.1) is 6.92 Å². The van der Waals surface area contributed by atoms with Gasteiger partial charge < -0.3 is 20.4 Å². The van der Waals surface area contributed by atoms with E-state index in [4.69, 9.17) is 5.84 Å². The number of nitrogens with zero attached hydrogens (tertiary/aromatic N) is 1. The van der Waals surface area contributed by atoms with Gasteiger partial charge in [0.15, 0.2) is 0 Å². The number of aromatic hydroxyl groups is 4. The summed E-state index contributed by atoms with van der Waals surface area (Å²) in [6.45, 7) is 1.47. The van der Waals surface area contributed by atoms with Crippen molar-refractivity contribution in [1.29, 1.82) is 0 Å². The van der Waals surface area contributed by atoms with Gasteiger partial charge in [0, 0.05) is 12.1 Å². The third kappa shape index (κ3) is 3.55. The number of hydrogen-bond donors (Lipinski definition) is 5. The van der Waals surface area contributed by atoms with E-state index in [0.717, 1.165) is 12.1 Å². The number of hydrazine groups is 1. The van der Waals surface area contributed by atoms with Gasteiger partial charge in [-0.25, -0.2) is 10.9 Å². The van der Waals surface area contributed by atoms with Gasteiger partial charge in [-0.15, -0.1) is 0 Å². The smallest absolute Gasteiger partial charge is 0.278 e. The molecule has 0 radical (unpaired) electrons. The number of amides is 2. The highest BCUT2D eigenvalue weighted by Gasteiger charge is 2.24. The Morgan fingerprint density at radius 3 is 2.04 bits per heavy atom. The van der Waals surface area contributed by atoms with Crippen LogP contribution in [-0.2, 0) is 11.2 Å². The number of carbonyl (C=O) groups excluding carboxylic acids is 2. The van der Waals surface area contributed by atoms with Crippen LogP contribution in [0.1, 0.15) is 21.5 Å². The molecule has 2 rings (SSSR count). The van der Waals surface area contributed by atoms with E-state index in [0.29, 0.717) is 5.01 Å². The number of aryl methyl sites for hydroxylation is 1. The second-order valence-electron chi connectivity index (χ2n) is 5.26. The van der Waals surface area contributed by atoms with Crippen LogP contribution < -0.4 is 5.84 Å². The predicted molar refractivity (Wildman–Crippen MR) is 83.3 cm³/mol. The monoisotopic (exact) mass is 332 g/mol. The first kappa shape index (κ1) is 17.1. The summed E-state index contributed by atoms with van der Waals surface area (Å²) in [6.07, 6.45) is -0.345. The fourth-order valence-electron chi connectivity index (χ4n) is 2.28. The van der Waals surface area contributed by atoms with Crippen LogP contribution in [0.3, 0.4) is 0 Å². The lowest BCUT2D eigenvalue weighted by atomic mass is 10.1. The Labute approximate surface area is 137 Å². The maximum atomic E-state index is 12.3. The molecule has 0 fully saturated rings. The number of carbonyl (C=O) groups is 2. The van der Waals surface area contributed by atoms with Crippen molar-refractivity contribution in [2.24, 2.45) is 5.84 Å². The summed E-state index contributed by atoms with van der Waals surface area (Å²) in [6, 6.07) is 5.81. The summed E-state index contributed by atoms with van der Waals surface area (Å²) in [7, 11) is 0. The number of hydrogen-bond acceptors (Lipinski definition) is 7. The molecule has 2 aromatic rings. The lowest BCUT2D eigenvalue weighted by molar-refractivity contribution is -0.128. The normalized spacial score (nSPS) is 10.4. The average molecular weight is 332 g/mol. The third-order valence-corrected chi connectivity index (χ3v) is 3.32. The lowest BCUT2D eigenvalue weighted by Crippen LogP contribution is -2.43. The van der Waals surface area contributed by atoms with Crippen LogP contribution in [0.25, 0.3) is 0 Å². The number of phenolic OH excluding ortho intramolecular Hbond substituents is 4. The summed E-state index contributed by atoms with van der Waals surface area (Å²) < 4.78 is 0. The fraction of sp³-hybridized carbons (Fsp3) is 0.125. The van der Waals surface area contributed by atoms with E-state index in [1.165, 1.54) is 25.1 Å². The minimum Gasteiger partial charge on any atom is -0.508 e. The van der Waals surface area contributed by atoms with E-state index < -0.39 is 17.6 Å². The summed E-state index contributed by atoms with van der Waals surface area (Å²) in [5.74, 6) is 2.57. The Balaban J connectivity index is 2.23. The van der Waals surface area contributed by atoms with Gasteiger partial charge in [0.05, 0.1) is 12.0 Å². The molecule has 126 valence electrons. The average Bonchev–Trinajstić information content (AvgIpc) is 2.43. The van der Waals surface area contributed by atoms with Crippen molar-refractivity contribution >= 4 is 11.8 Å². The molecule has 0 saturated carbocycles. The third-order valence-electron chi connectivity index (χ3n) is 3.32. The molecule has 8 nitrogen and oxygen atoms in total. The van der Waals surface area contributed by atoms with Gasteiger partial charge in [0.25, 0.3) is 5.91 Å². The summed E-state index contributed by atoms with van der Waals surface area (Å²) in [4.78, 5) is 24.4. The Morgan fingerprint density at radius 1 is 0.958 bits per heavy atom. The first-order chi connectivity index (χ1) is 11.2. The van der Waals surface area contributed by atoms with Gasteiger partial charge in [0.1, 0.15) is 23.0 Å². The molecule has 0 heterocycles. The Hall–Kier alpha value is -3.26. The molecular weight excluding hydrogens is 316 g/mol. The van der Waals surface area contributed by atoms with Crippen molar-refractivity contribution in [3.05, 3.63) is 47.0 Å². The van der Waals surface area contributed by atoms with E-state index in [-0.39, 0.29) is 40.4 Å². The van der Waals surface area contributed by atoms with Crippen LogP contribution in [0.4, 0.5) is 0 Å². The van der Waals surface area contributed by atoms with Crippen molar-refractivity contribution in [2.45, 2.75) is 13.3 Å². The van der Waals surface area contributed by atoms with Gasteiger partial charge in [0.2, 0.25) is 5.91 Å². The first-order valence-electron chi connectivity index (χ1n) is 6.85. The zero-order valence-electron chi connectivity index (χ0n) is 12.7. The maximum Gasteiger partial charge on any atom is 0.278 e. The van der Waals surface area contributed by atoms with Crippen molar-refractivity contribution in [3.63, 3.8) is 0 Å². The van der Waals surface area contributed by atoms with E-state index >= 15 is 0 Å². The topological polar surface area (TPSA) is 144 Å². The number of benzene rings is 2. The van der Waals surface area contributed by atoms with Gasteiger partial charge in [-0.2, -0.15) is 0 Å². The second kappa shape index (κ2) is 6.47. The second-order valence-corrected chi connectivity index (χ2v) is 5.26. The van der Waals surface area contributed by atoms with Crippen molar-refractivity contribution < 1.29 is 30.0 Å². The molecule has 8 heteroatoms. The molecule has 0 aliphatic carbocycles. The largest absolute Gasteiger partial charge is 0.508 e. The van der Waals surface area contributed by atoms with Gasteiger partial charge in [-0.3, -0.25) is 9.59 Å². The molecule has 0 saturated heterocycles. The molecule has 0 spiro atoms. The number of rotatable bonds is 3. The van der Waals surface area contributed by atoms with Gasteiger partial charge in [-0.1, -0.05) is 0 Å². The highest BCUT2D eigenvalue weighted by atomic mass is 16.3. The Kier molecular flexibility index (Phi) is 4.61. The summed E-state index contributed by atoms with van der Waals surface area (Å²) >= 11 is 0. The Morgan fingerprint density at radius 2 is 1.50 bits per heavy atom. The molecule has 24 heavy (non-hydrogen) atoms. The minimum atomic E-state index is -0.945. The summed E-state index contributed by atoms with van der Waals surface area (Å²) in [5.41, 5.74) is 0.297. The minimum absolute atomic E-state index is 0.206. The lowest BCUT2D eigenvalue weighted by Gasteiger charge is -2.17. The molecular formula is C16H16N2O6. The SMILES string of the molecule is Cc1cc(O)cc(O)c1C(=O)N(N)C(=O)Cc1cc(O)cc(O)c1. The van der Waals surface area contributed by atoms with Gasteiger partial charge >= 0.3 is 0 Å². The van der Waals surface area contributed by atoms with E-state index in [1.54, 1.807) is 0 Å². The standard InChI is InChI=1S/C16H16N2O6/c1-8-2-10(19)7-13(22)15(8)16(24)18(17)14(23)5-9-3-11(20)6-12(21)4-9/h2-4,6-7,19-22H,5,17H2,1H3. The molecule has 2 aromatic carbocycles. The van der Waals surface area contributed by atoms with E-state index in [2.05, 4.69) is 0 Å². The molecule has 0 atom stereocenters. The summed E-state index contributed by atoms with van der Waals surface area (Å²) in [5, 5.41) is 38.3. The van der Waals surface area contributed by atoms with Crippen molar-refractivity contribution in [3.8, 4) is 23.0 Å². The molecule has 0 aromatic heterocycles. The van der Waals surface area contributed by atoms with E-state index in [9.17, 15) is 30.0 Å². The molecule has 2 amide bonds. The predicted octanol–water partition coefficient (Wildman–Crippen LogP) is 0.903. The quantitative estimate of drug-likeness (QED) is 0.319. The first-order valence-corrected chi connectivity index (χ1v) is 6.85.